The molecule has 0 aliphatic heterocycles. The molecule has 4 rings (SSSR count). The van der Waals surface area contributed by atoms with E-state index in [-0.39, 0.29) is 0 Å². The standard InChI is InChI=1S/C25H29N3O2S/c1-2-3-4-6-19-8-11-22(12-9-19)31(29,30)28-16-14-21-18-27-25-13-10-20(17-23(21)25)24-7-5-15-26-24/h5,7-13,15,17-18,26-28H,2-4,6,14,16H2,1H3. The second-order valence-corrected chi connectivity index (χ2v) is 9.67. The van der Waals surface area contributed by atoms with E-state index < -0.39 is 10.0 Å². The molecule has 2 aromatic carbocycles. The van der Waals surface area contributed by atoms with Crippen LogP contribution >= 0.6 is 0 Å². The molecule has 0 spiro atoms. The Balaban J connectivity index is 1.40. The minimum Gasteiger partial charge on any atom is -0.361 e. The first kappa shape index (κ1) is 21.4. The number of unbranched alkanes of at least 4 members (excludes halogenated alkanes) is 2. The molecule has 0 amide bonds. The monoisotopic (exact) mass is 435 g/mol. The number of nitrogens with one attached hydrogen (secondary N) is 3. The van der Waals surface area contributed by atoms with E-state index in [1.807, 2.05) is 36.7 Å². The number of hydrogen-bond donors (Lipinski definition) is 3. The third kappa shape index (κ3) is 5.09. The fourth-order valence-electron chi connectivity index (χ4n) is 3.88. The van der Waals surface area contributed by atoms with Crippen molar-refractivity contribution in [3.8, 4) is 11.3 Å². The van der Waals surface area contributed by atoms with Gasteiger partial charge in [-0.1, -0.05) is 38.0 Å². The van der Waals surface area contributed by atoms with Crippen molar-refractivity contribution in [2.75, 3.05) is 6.54 Å². The number of rotatable bonds is 10. The number of aromatic nitrogens is 2. The maximum absolute atomic E-state index is 12.7. The number of aromatic amines is 2. The van der Waals surface area contributed by atoms with Crippen molar-refractivity contribution in [2.24, 2.45) is 0 Å². The first-order valence-electron chi connectivity index (χ1n) is 10.9. The summed E-state index contributed by atoms with van der Waals surface area (Å²) in [5.41, 5.74) is 5.50. The van der Waals surface area contributed by atoms with Crippen LogP contribution in [0.3, 0.4) is 0 Å². The highest BCUT2D eigenvalue weighted by molar-refractivity contribution is 7.89. The summed E-state index contributed by atoms with van der Waals surface area (Å²) in [7, 11) is -3.52. The van der Waals surface area contributed by atoms with Crippen molar-refractivity contribution in [3.63, 3.8) is 0 Å². The molecule has 6 heteroatoms. The van der Waals surface area contributed by atoms with E-state index in [9.17, 15) is 8.42 Å². The average molecular weight is 436 g/mol. The molecule has 0 radical (unpaired) electrons. The molecule has 0 unspecified atom stereocenters. The Morgan fingerprint density at radius 1 is 0.935 bits per heavy atom. The van der Waals surface area contributed by atoms with Crippen LogP contribution in [0.5, 0.6) is 0 Å². The summed E-state index contributed by atoms with van der Waals surface area (Å²) >= 11 is 0. The van der Waals surface area contributed by atoms with Crippen LogP contribution < -0.4 is 4.72 Å². The highest BCUT2D eigenvalue weighted by atomic mass is 32.2. The van der Waals surface area contributed by atoms with Gasteiger partial charge in [-0.05, 0) is 72.4 Å². The molecule has 0 saturated carbocycles. The lowest BCUT2D eigenvalue weighted by molar-refractivity contribution is 0.581. The van der Waals surface area contributed by atoms with Gasteiger partial charge in [0.15, 0.2) is 0 Å². The Kier molecular flexibility index (Phi) is 6.59. The molecule has 2 heterocycles. The molecule has 0 fully saturated rings. The van der Waals surface area contributed by atoms with E-state index in [2.05, 4.69) is 39.8 Å². The van der Waals surface area contributed by atoms with Crippen molar-refractivity contribution < 1.29 is 8.42 Å². The second kappa shape index (κ2) is 9.54. The summed E-state index contributed by atoms with van der Waals surface area (Å²) < 4.78 is 28.1. The maximum atomic E-state index is 12.7. The van der Waals surface area contributed by atoms with Gasteiger partial charge in [0.1, 0.15) is 0 Å². The van der Waals surface area contributed by atoms with E-state index >= 15 is 0 Å². The molecule has 31 heavy (non-hydrogen) atoms. The molecule has 3 N–H and O–H groups in total. The number of hydrogen-bond acceptors (Lipinski definition) is 2. The van der Waals surface area contributed by atoms with E-state index in [0.717, 1.165) is 40.6 Å². The van der Waals surface area contributed by atoms with Crippen LogP contribution in [0.4, 0.5) is 0 Å². The fourth-order valence-corrected chi connectivity index (χ4v) is 4.91. The minimum absolute atomic E-state index is 0.319. The van der Waals surface area contributed by atoms with Crippen LogP contribution in [0.2, 0.25) is 0 Å². The summed E-state index contributed by atoms with van der Waals surface area (Å²) in [5.74, 6) is 0. The Hall–Kier alpha value is -2.83. The topological polar surface area (TPSA) is 77.8 Å². The normalized spacial score (nSPS) is 11.9. The molecular formula is C25H29N3O2S. The van der Waals surface area contributed by atoms with Crippen LogP contribution in [0.25, 0.3) is 22.2 Å². The highest BCUT2D eigenvalue weighted by Crippen LogP contribution is 2.25. The first-order valence-corrected chi connectivity index (χ1v) is 12.4. The third-order valence-corrected chi connectivity index (χ3v) is 7.14. The van der Waals surface area contributed by atoms with E-state index in [0.29, 0.717) is 17.9 Å². The third-order valence-electron chi connectivity index (χ3n) is 5.67. The number of sulfonamides is 1. The number of H-pyrrole nitrogens is 2. The summed E-state index contributed by atoms with van der Waals surface area (Å²) in [6, 6.07) is 17.5. The van der Waals surface area contributed by atoms with E-state index in [1.54, 1.807) is 12.1 Å². The maximum Gasteiger partial charge on any atom is 0.240 e. The van der Waals surface area contributed by atoms with Gasteiger partial charge in [0, 0.05) is 35.5 Å². The van der Waals surface area contributed by atoms with Gasteiger partial charge >= 0.3 is 0 Å². The number of aryl methyl sites for hydroxylation is 1. The zero-order valence-electron chi connectivity index (χ0n) is 17.8. The summed E-state index contributed by atoms with van der Waals surface area (Å²) in [4.78, 5) is 6.83. The molecule has 5 nitrogen and oxygen atoms in total. The second-order valence-electron chi connectivity index (χ2n) is 7.91. The zero-order chi connectivity index (χ0) is 21.7. The average Bonchev–Trinajstić information content (AvgIpc) is 3.44. The smallest absolute Gasteiger partial charge is 0.240 e. The van der Waals surface area contributed by atoms with Gasteiger partial charge in [-0.25, -0.2) is 13.1 Å². The molecule has 0 atom stereocenters. The summed E-state index contributed by atoms with van der Waals surface area (Å²) in [6.07, 6.45) is 8.99. The van der Waals surface area contributed by atoms with Crippen LogP contribution in [0.1, 0.15) is 37.3 Å². The molecule has 0 bridgehead atoms. The van der Waals surface area contributed by atoms with Crippen LogP contribution in [0.15, 0.2) is 71.9 Å². The van der Waals surface area contributed by atoms with Crippen molar-refractivity contribution in [1.29, 1.82) is 0 Å². The fraction of sp³-hybridized carbons (Fsp3) is 0.280. The summed E-state index contributed by atoms with van der Waals surface area (Å²) in [5, 5.41) is 1.11. The minimum atomic E-state index is -3.52. The van der Waals surface area contributed by atoms with Crippen LogP contribution in [-0.2, 0) is 22.9 Å². The predicted molar refractivity (Wildman–Crippen MR) is 127 cm³/mol. The lowest BCUT2D eigenvalue weighted by Gasteiger charge is -2.08. The van der Waals surface area contributed by atoms with Gasteiger partial charge in [0.25, 0.3) is 0 Å². The Bertz CT molecular complexity index is 1220. The van der Waals surface area contributed by atoms with Gasteiger partial charge in [-0.15, -0.1) is 0 Å². The quantitative estimate of drug-likeness (QED) is 0.291. The predicted octanol–water partition coefficient (Wildman–Crippen LogP) is 5.42. The van der Waals surface area contributed by atoms with Crippen LogP contribution in [0, 0.1) is 0 Å². The molecule has 0 aliphatic carbocycles. The molecule has 0 saturated heterocycles. The van der Waals surface area contributed by atoms with Crippen molar-refractivity contribution in [1.82, 2.24) is 14.7 Å². The lowest BCUT2D eigenvalue weighted by atomic mass is 10.1. The molecule has 0 aliphatic rings. The molecule has 2 aromatic heterocycles. The molecule has 162 valence electrons. The largest absolute Gasteiger partial charge is 0.361 e. The lowest BCUT2D eigenvalue weighted by Crippen LogP contribution is -2.25. The van der Waals surface area contributed by atoms with Gasteiger partial charge in [0.05, 0.1) is 4.90 Å². The Morgan fingerprint density at radius 2 is 1.77 bits per heavy atom. The summed E-state index contributed by atoms with van der Waals surface area (Å²) in [6.45, 7) is 2.53. The van der Waals surface area contributed by atoms with Gasteiger partial charge < -0.3 is 9.97 Å². The number of benzene rings is 2. The van der Waals surface area contributed by atoms with Crippen LogP contribution in [-0.4, -0.2) is 24.9 Å². The Labute approximate surface area is 184 Å². The van der Waals surface area contributed by atoms with E-state index in [4.69, 9.17) is 0 Å². The highest BCUT2D eigenvalue weighted by Gasteiger charge is 2.14. The first-order chi connectivity index (χ1) is 15.1. The molecular weight excluding hydrogens is 406 g/mol. The van der Waals surface area contributed by atoms with Gasteiger partial charge in [-0.3, -0.25) is 0 Å². The zero-order valence-corrected chi connectivity index (χ0v) is 18.6. The van der Waals surface area contributed by atoms with E-state index in [1.165, 1.54) is 18.4 Å². The van der Waals surface area contributed by atoms with Crippen molar-refractivity contribution in [3.05, 3.63) is 78.1 Å². The Morgan fingerprint density at radius 3 is 2.52 bits per heavy atom. The van der Waals surface area contributed by atoms with Gasteiger partial charge in [-0.2, -0.15) is 0 Å². The molecule has 4 aromatic rings. The number of fused-ring (bicyclic) bond motifs is 1. The van der Waals surface area contributed by atoms with Crippen molar-refractivity contribution >= 4 is 20.9 Å². The van der Waals surface area contributed by atoms with Crippen molar-refractivity contribution in [2.45, 2.75) is 43.9 Å². The van der Waals surface area contributed by atoms with Gasteiger partial charge in [0.2, 0.25) is 10.0 Å². The SMILES string of the molecule is CCCCCc1ccc(S(=O)(=O)NCCc2c[nH]c3ccc(-c4ccc[nH]4)cc23)cc1.